The minimum atomic E-state index is -4.97. The van der Waals surface area contributed by atoms with Gasteiger partial charge >= 0.3 is 39.5 Å². The van der Waals surface area contributed by atoms with Crippen LogP contribution in [0.25, 0.3) is 0 Å². The number of hydrogen-bond acceptors (Lipinski definition) is 15. The van der Waals surface area contributed by atoms with E-state index in [4.69, 9.17) is 37.0 Å². The topological polar surface area (TPSA) is 237 Å². The minimum Gasteiger partial charge on any atom is -0.462 e. The lowest BCUT2D eigenvalue weighted by Crippen LogP contribution is -2.30. The van der Waals surface area contributed by atoms with Gasteiger partial charge in [-0.15, -0.1) is 0 Å². The molecule has 6 atom stereocenters. The third-order valence-corrected chi connectivity index (χ3v) is 23.4. The Bertz CT molecular complexity index is 2100. The first kappa shape index (κ1) is 107. The summed E-state index contributed by atoms with van der Waals surface area (Å²) in [6.45, 7) is 12.1. The van der Waals surface area contributed by atoms with E-state index in [9.17, 15) is 43.2 Å². The van der Waals surface area contributed by atoms with Crippen LogP contribution in [0.15, 0.2) is 0 Å². The third kappa shape index (κ3) is 82.4. The molecular weight excluding hydrogens is 1410 g/mol. The number of esters is 4. The van der Waals surface area contributed by atoms with E-state index in [1.54, 1.807) is 0 Å². The lowest BCUT2D eigenvalue weighted by Gasteiger charge is -2.21. The number of phosphoric ester groups is 2. The molecule has 0 bridgehead atoms. The van der Waals surface area contributed by atoms with Crippen LogP contribution in [0.4, 0.5) is 0 Å². The highest BCUT2D eigenvalue weighted by Crippen LogP contribution is 2.45. The molecule has 0 aromatic carbocycles. The van der Waals surface area contributed by atoms with Crippen LogP contribution in [0.2, 0.25) is 0 Å². The van der Waals surface area contributed by atoms with Crippen molar-refractivity contribution in [1.29, 1.82) is 0 Å². The number of carbonyl (C=O) groups excluding carboxylic acids is 4. The molecule has 0 aromatic rings. The number of phosphoric acid groups is 2. The van der Waals surface area contributed by atoms with E-state index < -0.39 is 97.5 Å². The predicted octanol–water partition coefficient (Wildman–Crippen LogP) is 27.6. The second kappa shape index (κ2) is 79.9. The smallest absolute Gasteiger partial charge is 0.462 e. The summed E-state index contributed by atoms with van der Waals surface area (Å²) in [5.41, 5.74) is 0. The van der Waals surface area contributed by atoms with Crippen molar-refractivity contribution < 1.29 is 80.2 Å². The van der Waals surface area contributed by atoms with E-state index in [-0.39, 0.29) is 25.7 Å². The Kier molecular flexibility index (Phi) is 78.5. The van der Waals surface area contributed by atoms with E-state index in [1.807, 2.05) is 0 Å². The summed E-state index contributed by atoms with van der Waals surface area (Å²) in [7, 11) is -9.94. The molecule has 0 spiro atoms. The fraction of sp³-hybridized carbons (Fsp3) is 0.956. The van der Waals surface area contributed by atoms with Gasteiger partial charge in [-0.25, -0.2) is 9.13 Å². The number of hydrogen-bond donors (Lipinski definition) is 3. The van der Waals surface area contributed by atoms with Gasteiger partial charge in [0.15, 0.2) is 12.2 Å². The molecule has 648 valence electrons. The molecule has 0 fully saturated rings. The van der Waals surface area contributed by atoms with Gasteiger partial charge < -0.3 is 33.8 Å². The average Bonchev–Trinajstić information content (AvgIpc) is 0.902. The SMILES string of the molecule is CCCCCCCCCCCCCCCCCCCCCCCC(=O)OC[C@H](COP(=O)(O)OC[C@@H](O)COP(=O)(O)OC[C@@H](COC(=O)CCCCCCCCCCCCC(C)C)OC(=O)CCCCCCCCCCCCC(C)CC)OC(=O)CCCCCCCCCCCCCCCCCCCCC(C)C. The van der Waals surface area contributed by atoms with Gasteiger partial charge in [-0.05, 0) is 43.4 Å². The van der Waals surface area contributed by atoms with E-state index in [1.165, 1.54) is 289 Å². The van der Waals surface area contributed by atoms with Crippen LogP contribution in [-0.4, -0.2) is 96.7 Å². The summed E-state index contributed by atoms with van der Waals surface area (Å²) in [6.07, 6.45) is 72.3. The second-order valence-corrected chi connectivity index (χ2v) is 36.4. The van der Waals surface area contributed by atoms with Crippen molar-refractivity contribution in [3.63, 3.8) is 0 Å². The van der Waals surface area contributed by atoms with Gasteiger partial charge in [0, 0.05) is 25.7 Å². The van der Waals surface area contributed by atoms with Crippen LogP contribution >= 0.6 is 15.6 Å². The molecule has 109 heavy (non-hydrogen) atoms. The Morgan fingerprint density at radius 1 is 0.266 bits per heavy atom. The maximum absolute atomic E-state index is 13.2. The molecule has 0 radical (unpaired) electrons. The first-order valence-corrected chi connectivity index (χ1v) is 49.4. The molecule has 0 rings (SSSR count). The monoisotopic (exact) mass is 1590 g/mol. The number of aliphatic hydroxyl groups excluding tert-OH is 1. The van der Waals surface area contributed by atoms with Crippen LogP contribution in [0, 0.1) is 17.8 Å². The molecule has 0 aliphatic carbocycles. The number of rotatable bonds is 88. The highest BCUT2D eigenvalue weighted by Gasteiger charge is 2.31. The molecule has 0 heterocycles. The van der Waals surface area contributed by atoms with Crippen molar-refractivity contribution in [2.45, 2.75) is 497 Å². The maximum Gasteiger partial charge on any atom is 0.472 e. The lowest BCUT2D eigenvalue weighted by molar-refractivity contribution is -0.161. The van der Waals surface area contributed by atoms with Crippen molar-refractivity contribution in [1.82, 2.24) is 0 Å². The Morgan fingerprint density at radius 3 is 0.697 bits per heavy atom. The van der Waals surface area contributed by atoms with Gasteiger partial charge in [-0.1, -0.05) is 427 Å². The molecule has 3 unspecified atom stereocenters. The number of carbonyl (C=O) groups is 4. The Labute approximate surface area is 670 Å². The summed E-state index contributed by atoms with van der Waals surface area (Å²) < 4.78 is 69.0. The van der Waals surface area contributed by atoms with E-state index in [0.29, 0.717) is 25.7 Å². The summed E-state index contributed by atoms with van der Waals surface area (Å²) in [5.74, 6) is 0.281. The predicted molar refractivity (Wildman–Crippen MR) is 451 cm³/mol. The van der Waals surface area contributed by atoms with Crippen molar-refractivity contribution in [3.8, 4) is 0 Å². The van der Waals surface area contributed by atoms with Crippen LogP contribution in [-0.2, 0) is 65.4 Å². The van der Waals surface area contributed by atoms with E-state index in [2.05, 4.69) is 48.5 Å². The normalized spacial score (nSPS) is 14.1. The molecule has 0 amide bonds. The first-order valence-electron chi connectivity index (χ1n) is 46.4. The van der Waals surface area contributed by atoms with E-state index >= 15 is 0 Å². The summed E-state index contributed by atoms with van der Waals surface area (Å²) in [4.78, 5) is 73.4. The molecule has 0 aliphatic rings. The van der Waals surface area contributed by atoms with Crippen molar-refractivity contribution in [2.75, 3.05) is 39.6 Å². The summed E-state index contributed by atoms with van der Waals surface area (Å²) in [5, 5.41) is 10.7. The van der Waals surface area contributed by atoms with Crippen molar-refractivity contribution >= 4 is 39.5 Å². The Balaban J connectivity index is 5.25. The number of ether oxygens (including phenoxy) is 4. The zero-order chi connectivity index (χ0) is 80.0. The summed E-state index contributed by atoms with van der Waals surface area (Å²) >= 11 is 0. The van der Waals surface area contributed by atoms with Gasteiger partial charge in [-0.2, -0.15) is 0 Å². The molecule has 0 aliphatic heterocycles. The largest absolute Gasteiger partial charge is 0.472 e. The van der Waals surface area contributed by atoms with Gasteiger partial charge in [0.1, 0.15) is 19.3 Å². The van der Waals surface area contributed by atoms with E-state index in [0.717, 1.165) is 108 Å². The first-order chi connectivity index (χ1) is 52.8. The van der Waals surface area contributed by atoms with Crippen LogP contribution in [0.1, 0.15) is 479 Å². The summed E-state index contributed by atoms with van der Waals surface area (Å²) in [6, 6.07) is 0. The highest BCUT2D eigenvalue weighted by atomic mass is 31.2. The fourth-order valence-electron chi connectivity index (χ4n) is 14.0. The standard InChI is InChI=1S/C90H176O17P2/c1-8-10-11-12-13-14-15-16-17-18-19-20-21-25-28-31-34-43-50-57-64-71-87(92)100-77-85(106-89(94)73-66-59-52-45-35-32-29-26-23-22-24-27-30-33-40-47-54-61-68-81(3)4)79-104-108(96,97)102-75-84(91)76-103-109(98,99)105-80-86(78-101-88(93)72-65-58-51-44-38-36-41-48-55-62-69-82(5)6)107-90(95)74-67-60-53-46-39-37-42-49-56-63-70-83(7)9-2/h81-86,91H,8-80H2,1-7H3,(H,96,97)(H,98,99)/t83?,84-,85-,86-/m1/s1. The average molecular weight is 1590 g/mol. The van der Waals surface area contributed by atoms with Gasteiger partial charge in [0.05, 0.1) is 26.4 Å². The number of unbranched alkanes of at least 4 members (excludes halogenated alkanes) is 55. The molecule has 0 saturated carbocycles. The zero-order valence-corrected chi connectivity index (χ0v) is 73.8. The quantitative estimate of drug-likeness (QED) is 0.0222. The molecule has 0 saturated heterocycles. The minimum absolute atomic E-state index is 0.106. The maximum atomic E-state index is 13.2. The van der Waals surface area contributed by atoms with Crippen LogP contribution in [0.3, 0.4) is 0 Å². The van der Waals surface area contributed by atoms with Gasteiger partial charge in [0.25, 0.3) is 0 Å². The van der Waals surface area contributed by atoms with Gasteiger partial charge in [0.2, 0.25) is 0 Å². The van der Waals surface area contributed by atoms with Crippen LogP contribution in [0.5, 0.6) is 0 Å². The fourth-order valence-corrected chi connectivity index (χ4v) is 15.6. The van der Waals surface area contributed by atoms with Gasteiger partial charge in [-0.3, -0.25) is 37.3 Å². The van der Waals surface area contributed by atoms with Crippen molar-refractivity contribution in [3.05, 3.63) is 0 Å². The third-order valence-electron chi connectivity index (χ3n) is 21.5. The molecule has 17 nitrogen and oxygen atoms in total. The van der Waals surface area contributed by atoms with Crippen molar-refractivity contribution in [2.24, 2.45) is 17.8 Å². The molecule has 19 heteroatoms. The molecular formula is C90H176O17P2. The zero-order valence-electron chi connectivity index (χ0n) is 72.0. The lowest BCUT2D eigenvalue weighted by atomic mass is 9.99. The molecule has 3 N–H and O–H groups in total. The highest BCUT2D eigenvalue weighted by molar-refractivity contribution is 7.47. The Hall–Kier alpha value is -1.94. The van der Waals surface area contributed by atoms with Crippen LogP contribution < -0.4 is 0 Å². The molecule has 0 aromatic heterocycles. The number of aliphatic hydroxyl groups is 1. The Morgan fingerprint density at radius 2 is 0.468 bits per heavy atom. The second-order valence-electron chi connectivity index (χ2n) is 33.5.